The van der Waals surface area contributed by atoms with Gasteiger partial charge in [-0.25, -0.2) is 22.4 Å². The lowest BCUT2D eigenvalue weighted by Crippen LogP contribution is -2.11. The largest absolute Gasteiger partial charge is 0.294 e. The van der Waals surface area contributed by atoms with Gasteiger partial charge in [-0.1, -0.05) is 17.7 Å². The topological polar surface area (TPSA) is 86.3 Å². The van der Waals surface area contributed by atoms with Crippen molar-refractivity contribution >= 4 is 21.6 Å². The maximum Gasteiger partial charge on any atom is 0.267 e. The third-order valence-electron chi connectivity index (χ3n) is 4.53. The monoisotopic (exact) mass is 394 g/mol. The normalized spacial score (nSPS) is 11.8. The molecule has 7 nitrogen and oxygen atoms in total. The van der Waals surface area contributed by atoms with Crippen LogP contribution in [0.25, 0.3) is 5.78 Å². The first kappa shape index (κ1) is 18.1. The van der Waals surface area contributed by atoms with Crippen LogP contribution < -0.4 is 0 Å². The molecule has 0 N–H and O–H groups in total. The Balaban J connectivity index is 1.48. The zero-order valence-electron chi connectivity index (χ0n) is 15.2. The van der Waals surface area contributed by atoms with E-state index in [9.17, 15) is 13.2 Å². The maximum atomic E-state index is 12.7. The fraction of sp³-hybridized carbons (Fsp3) is 0.150. The number of aryl methyl sites for hydroxylation is 2. The van der Waals surface area contributed by atoms with Crippen molar-refractivity contribution in [2.75, 3.05) is 0 Å². The number of imidazole rings is 1. The van der Waals surface area contributed by atoms with Gasteiger partial charge in [-0.15, -0.1) is 0 Å². The van der Waals surface area contributed by atoms with Crippen molar-refractivity contribution in [3.63, 3.8) is 0 Å². The van der Waals surface area contributed by atoms with Gasteiger partial charge < -0.3 is 0 Å². The Labute approximate surface area is 162 Å². The van der Waals surface area contributed by atoms with Gasteiger partial charge in [-0.2, -0.15) is 0 Å². The van der Waals surface area contributed by atoms with Gasteiger partial charge in [0.05, 0.1) is 4.90 Å². The summed E-state index contributed by atoms with van der Waals surface area (Å²) < 4.78 is 28.3. The summed E-state index contributed by atoms with van der Waals surface area (Å²) in [5, 5.41) is 0. The van der Waals surface area contributed by atoms with Crippen molar-refractivity contribution in [1.29, 1.82) is 0 Å². The van der Waals surface area contributed by atoms with Gasteiger partial charge in [0, 0.05) is 49.2 Å². The number of benzene rings is 1. The van der Waals surface area contributed by atoms with Crippen LogP contribution >= 0.6 is 0 Å². The molecule has 0 aliphatic heterocycles. The van der Waals surface area contributed by atoms with Crippen LogP contribution in [0.15, 0.2) is 72.4 Å². The van der Waals surface area contributed by atoms with E-state index in [4.69, 9.17) is 0 Å². The van der Waals surface area contributed by atoms with Crippen molar-refractivity contribution in [3.05, 3.63) is 84.2 Å². The van der Waals surface area contributed by atoms with Crippen LogP contribution in [0.1, 0.15) is 27.9 Å². The molecule has 0 radical (unpaired) electrons. The number of carbonyl (C=O) groups excluding carboxylic acids is 1. The van der Waals surface area contributed by atoms with E-state index >= 15 is 0 Å². The number of fused-ring (bicyclic) bond motifs is 1. The molecule has 142 valence electrons. The van der Waals surface area contributed by atoms with Crippen molar-refractivity contribution in [2.45, 2.75) is 24.7 Å². The van der Waals surface area contributed by atoms with E-state index in [1.54, 1.807) is 47.3 Å². The zero-order chi connectivity index (χ0) is 19.7. The van der Waals surface area contributed by atoms with E-state index in [0.29, 0.717) is 17.8 Å². The van der Waals surface area contributed by atoms with Gasteiger partial charge in [0.25, 0.3) is 10.0 Å². The van der Waals surface area contributed by atoms with Gasteiger partial charge in [-0.05, 0) is 37.1 Å². The molecular formula is C20H18N4O3S. The molecule has 1 aromatic carbocycles. The molecule has 8 heteroatoms. The van der Waals surface area contributed by atoms with Gasteiger partial charge >= 0.3 is 0 Å². The van der Waals surface area contributed by atoms with Crippen molar-refractivity contribution in [2.24, 2.45) is 0 Å². The fourth-order valence-electron chi connectivity index (χ4n) is 2.91. The van der Waals surface area contributed by atoms with E-state index in [1.165, 1.54) is 18.5 Å². The molecule has 3 heterocycles. The van der Waals surface area contributed by atoms with Crippen LogP contribution in [0.5, 0.6) is 0 Å². The molecule has 0 aliphatic carbocycles. The average Bonchev–Trinajstić information content (AvgIpc) is 3.36. The van der Waals surface area contributed by atoms with Crippen molar-refractivity contribution in [3.8, 4) is 0 Å². The average molecular weight is 394 g/mol. The molecule has 0 saturated heterocycles. The number of hydrogen-bond acceptors (Lipinski definition) is 5. The quantitative estimate of drug-likeness (QED) is 0.469. The number of ketones is 1. The molecular weight excluding hydrogens is 376 g/mol. The highest BCUT2D eigenvalue weighted by molar-refractivity contribution is 7.90. The molecule has 4 rings (SSSR count). The second kappa shape index (κ2) is 7.05. The second-order valence-electron chi connectivity index (χ2n) is 6.57. The Bertz CT molecular complexity index is 1250. The van der Waals surface area contributed by atoms with E-state index in [-0.39, 0.29) is 17.1 Å². The standard InChI is InChI=1S/C20H18N4O3S/c1-15-2-5-18(6-3-15)28(26,27)24-10-8-17(14-24)19(25)7-4-16-12-22-20-21-9-11-23(20)13-16/h2-3,5-6,8-14H,4,7H2,1H3. The minimum Gasteiger partial charge on any atom is -0.294 e. The Kier molecular flexibility index (Phi) is 4.56. The summed E-state index contributed by atoms with van der Waals surface area (Å²) in [6.07, 6.45) is 10.6. The summed E-state index contributed by atoms with van der Waals surface area (Å²) in [6, 6.07) is 8.14. The Morgan fingerprint density at radius 3 is 2.61 bits per heavy atom. The minimum atomic E-state index is -3.71. The van der Waals surface area contributed by atoms with Crippen LogP contribution in [0, 0.1) is 6.92 Å². The third-order valence-corrected chi connectivity index (χ3v) is 6.18. The SMILES string of the molecule is Cc1ccc(S(=O)(=O)n2ccc(C(=O)CCc3cnc4nccn4c3)c2)cc1. The number of hydrogen-bond donors (Lipinski definition) is 0. The highest BCUT2D eigenvalue weighted by atomic mass is 32.2. The maximum absolute atomic E-state index is 12.7. The molecule has 3 aromatic heterocycles. The number of rotatable bonds is 6. The van der Waals surface area contributed by atoms with Gasteiger partial charge in [0.2, 0.25) is 5.78 Å². The van der Waals surface area contributed by atoms with Crippen LogP contribution in [0.2, 0.25) is 0 Å². The summed E-state index contributed by atoms with van der Waals surface area (Å²) in [5.74, 6) is 0.483. The molecule has 4 aromatic rings. The highest BCUT2D eigenvalue weighted by Gasteiger charge is 2.18. The molecule has 0 amide bonds. The number of carbonyl (C=O) groups is 1. The summed E-state index contributed by atoms with van der Waals surface area (Å²) >= 11 is 0. The van der Waals surface area contributed by atoms with Crippen molar-refractivity contribution < 1.29 is 13.2 Å². The molecule has 0 fully saturated rings. The molecule has 0 aliphatic rings. The van der Waals surface area contributed by atoms with Gasteiger partial charge in [0.15, 0.2) is 5.78 Å². The van der Waals surface area contributed by atoms with Crippen LogP contribution in [-0.2, 0) is 16.4 Å². The molecule has 0 spiro atoms. The summed E-state index contributed by atoms with van der Waals surface area (Å²) in [6.45, 7) is 1.89. The van der Waals surface area contributed by atoms with E-state index in [1.807, 2.05) is 13.1 Å². The zero-order valence-corrected chi connectivity index (χ0v) is 16.0. The van der Waals surface area contributed by atoms with Gasteiger partial charge in [0.1, 0.15) is 0 Å². The Hall–Kier alpha value is -3.26. The first-order valence-corrected chi connectivity index (χ1v) is 10.2. The number of nitrogens with zero attached hydrogens (tertiary/aromatic N) is 4. The fourth-order valence-corrected chi connectivity index (χ4v) is 4.11. The number of aromatic nitrogens is 4. The van der Waals surface area contributed by atoms with Crippen molar-refractivity contribution in [1.82, 2.24) is 18.3 Å². The first-order valence-electron chi connectivity index (χ1n) is 8.74. The minimum absolute atomic E-state index is 0.122. The Morgan fingerprint density at radius 1 is 1.04 bits per heavy atom. The molecule has 0 bridgehead atoms. The molecule has 0 unspecified atom stereocenters. The predicted octanol–water partition coefficient (Wildman–Crippen LogP) is 2.89. The lowest BCUT2D eigenvalue weighted by Gasteiger charge is -2.06. The smallest absolute Gasteiger partial charge is 0.267 e. The summed E-state index contributed by atoms with van der Waals surface area (Å²) in [7, 11) is -3.71. The summed E-state index contributed by atoms with van der Waals surface area (Å²) in [5.41, 5.74) is 2.25. The summed E-state index contributed by atoms with van der Waals surface area (Å²) in [4.78, 5) is 21.0. The first-order chi connectivity index (χ1) is 13.4. The van der Waals surface area contributed by atoms with Crippen LogP contribution in [0.4, 0.5) is 0 Å². The lowest BCUT2D eigenvalue weighted by atomic mass is 10.1. The Morgan fingerprint density at radius 2 is 1.82 bits per heavy atom. The third kappa shape index (κ3) is 3.46. The van der Waals surface area contributed by atoms with E-state index < -0.39 is 10.0 Å². The molecule has 0 atom stereocenters. The predicted molar refractivity (Wildman–Crippen MR) is 104 cm³/mol. The highest BCUT2D eigenvalue weighted by Crippen LogP contribution is 2.17. The van der Waals surface area contributed by atoms with Crippen LogP contribution in [0.3, 0.4) is 0 Å². The second-order valence-corrected chi connectivity index (χ2v) is 8.41. The van der Waals surface area contributed by atoms with Gasteiger partial charge in [-0.3, -0.25) is 9.20 Å². The number of Topliss-reactive ketones (excluding diaryl/α,β-unsaturated/α-hetero) is 1. The van der Waals surface area contributed by atoms with Crippen LogP contribution in [-0.4, -0.2) is 32.5 Å². The molecule has 28 heavy (non-hydrogen) atoms. The van der Waals surface area contributed by atoms with E-state index in [0.717, 1.165) is 15.1 Å². The van der Waals surface area contributed by atoms with E-state index in [2.05, 4.69) is 9.97 Å². The lowest BCUT2D eigenvalue weighted by molar-refractivity contribution is 0.0983. The molecule has 0 saturated carbocycles.